The topological polar surface area (TPSA) is 84.9 Å². The summed E-state index contributed by atoms with van der Waals surface area (Å²) >= 11 is 0. The van der Waals surface area contributed by atoms with Crippen LogP contribution < -0.4 is 10.6 Å². The zero-order chi connectivity index (χ0) is 20.9. The molecule has 2 N–H and O–H groups in total. The van der Waals surface area contributed by atoms with E-state index in [1.165, 1.54) is 0 Å². The largest absolute Gasteiger partial charge is 0.379 e. The highest BCUT2D eigenvalue weighted by atomic mass is 16.5. The molecule has 0 bridgehead atoms. The van der Waals surface area contributed by atoms with Crippen LogP contribution in [0.2, 0.25) is 0 Å². The van der Waals surface area contributed by atoms with E-state index >= 15 is 0 Å². The molecule has 1 aromatic carbocycles. The zero-order valence-corrected chi connectivity index (χ0v) is 17.6. The number of nitrogens with zero attached hydrogens (tertiary/aromatic N) is 4. The van der Waals surface area contributed by atoms with Crippen molar-refractivity contribution in [2.45, 2.75) is 40.2 Å². The molecule has 2 aromatic heterocycles. The van der Waals surface area contributed by atoms with Gasteiger partial charge in [-0.25, -0.2) is 0 Å². The van der Waals surface area contributed by atoms with E-state index in [0.29, 0.717) is 24.3 Å². The minimum atomic E-state index is 0.222. The van der Waals surface area contributed by atoms with E-state index in [4.69, 9.17) is 4.74 Å². The highest BCUT2D eigenvalue weighted by Gasteiger charge is 2.17. The van der Waals surface area contributed by atoms with Crippen molar-refractivity contribution in [1.82, 2.24) is 19.9 Å². The van der Waals surface area contributed by atoms with Gasteiger partial charge in [0.05, 0.1) is 12.6 Å². The Kier molecular flexibility index (Phi) is 9.51. The number of rotatable bonds is 5. The Morgan fingerprint density at radius 3 is 2.21 bits per heavy atom. The maximum atomic E-state index is 5.41. The molecule has 3 heterocycles. The lowest BCUT2D eigenvalue weighted by atomic mass is 10.2. The SMILES string of the molecule is CC.CC.c1ccc(-c2nc(Nc3ccncc3)nc(NC3CCOC3)n2)cc1. The maximum absolute atomic E-state index is 5.41. The summed E-state index contributed by atoms with van der Waals surface area (Å²) in [4.78, 5) is 17.6. The second kappa shape index (κ2) is 12.4. The van der Waals surface area contributed by atoms with E-state index in [2.05, 4.69) is 30.6 Å². The normalized spacial score (nSPS) is 14.7. The van der Waals surface area contributed by atoms with E-state index in [9.17, 15) is 0 Å². The molecule has 0 spiro atoms. The summed E-state index contributed by atoms with van der Waals surface area (Å²) in [5.41, 5.74) is 1.81. The van der Waals surface area contributed by atoms with Gasteiger partial charge in [-0.1, -0.05) is 58.0 Å². The van der Waals surface area contributed by atoms with Crippen LogP contribution in [0.4, 0.5) is 17.6 Å². The van der Waals surface area contributed by atoms with Gasteiger partial charge in [-0.05, 0) is 18.6 Å². The Bertz CT molecular complexity index is 823. The van der Waals surface area contributed by atoms with Gasteiger partial charge in [0.2, 0.25) is 11.9 Å². The Hall–Kier alpha value is -3.06. The monoisotopic (exact) mass is 394 g/mol. The van der Waals surface area contributed by atoms with Gasteiger partial charge in [0.1, 0.15) is 0 Å². The van der Waals surface area contributed by atoms with Crippen molar-refractivity contribution in [2.24, 2.45) is 0 Å². The van der Waals surface area contributed by atoms with Crippen LogP contribution in [0.3, 0.4) is 0 Å². The summed E-state index contributed by atoms with van der Waals surface area (Å²) in [6.07, 6.45) is 4.38. The number of hydrogen-bond donors (Lipinski definition) is 2. The lowest BCUT2D eigenvalue weighted by Gasteiger charge is -2.13. The minimum Gasteiger partial charge on any atom is -0.379 e. The Balaban J connectivity index is 0.000000707. The second-order valence-electron chi connectivity index (χ2n) is 5.74. The van der Waals surface area contributed by atoms with Gasteiger partial charge in [0.25, 0.3) is 0 Å². The van der Waals surface area contributed by atoms with Crippen molar-refractivity contribution in [3.63, 3.8) is 0 Å². The fraction of sp³-hybridized carbons (Fsp3) is 0.364. The number of hydrogen-bond acceptors (Lipinski definition) is 7. The standard InChI is InChI=1S/C18H18N6O.2C2H6/c1-2-4-13(5-3-1)16-22-17(20-14-6-9-19-10-7-14)24-18(23-16)21-15-8-11-25-12-15;2*1-2/h1-7,9-10,15H,8,11-12H2,(H2,19,20,21,22,23,24);2*1-2H3. The number of nitrogens with one attached hydrogen (secondary N) is 2. The van der Waals surface area contributed by atoms with Gasteiger partial charge in [-0.15, -0.1) is 0 Å². The number of benzene rings is 1. The van der Waals surface area contributed by atoms with E-state index in [-0.39, 0.29) is 6.04 Å². The van der Waals surface area contributed by atoms with Crippen molar-refractivity contribution in [3.05, 3.63) is 54.9 Å². The average molecular weight is 395 g/mol. The molecule has 1 fully saturated rings. The van der Waals surface area contributed by atoms with Crippen molar-refractivity contribution in [2.75, 3.05) is 23.8 Å². The Morgan fingerprint density at radius 1 is 0.862 bits per heavy atom. The molecule has 7 nitrogen and oxygen atoms in total. The number of ether oxygens (including phenoxy) is 1. The predicted octanol–water partition coefficient (Wildman–Crippen LogP) is 4.93. The molecular formula is C22H30N6O. The van der Waals surface area contributed by atoms with Crippen LogP contribution in [0.15, 0.2) is 54.9 Å². The molecule has 4 rings (SSSR count). The van der Waals surface area contributed by atoms with Crippen molar-refractivity contribution < 1.29 is 4.74 Å². The number of aromatic nitrogens is 4. The second-order valence-corrected chi connectivity index (χ2v) is 5.74. The van der Waals surface area contributed by atoms with Gasteiger partial charge in [-0.3, -0.25) is 4.98 Å². The van der Waals surface area contributed by atoms with Crippen LogP contribution in [0.25, 0.3) is 11.4 Å². The lowest BCUT2D eigenvalue weighted by molar-refractivity contribution is 0.195. The molecule has 1 aliphatic heterocycles. The number of pyridine rings is 1. The quantitative estimate of drug-likeness (QED) is 0.634. The first-order valence-corrected chi connectivity index (χ1v) is 10.2. The van der Waals surface area contributed by atoms with Gasteiger partial charge in [0.15, 0.2) is 5.82 Å². The lowest BCUT2D eigenvalue weighted by Crippen LogP contribution is -2.21. The van der Waals surface area contributed by atoms with Crippen molar-refractivity contribution in [1.29, 1.82) is 0 Å². The van der Waals surface area contributed by atoms with Gasteiger partial charge in [0, 0.05) is 30.3 Å². The highest BCUT2D eigenvalue weighted by molar-refractivity contribution is 5.60. The summed E-state index contributed by atoms with van der Waals surface area (Å²) in [5, 5.41) is 6.54. The van der Waals surface area contributed by atoms with Crippen LogP contribution in [0.1, 0.15) is 34.1 Å². The van der Waals surface area contributed by atoms with E-state index in [1.807, 2.05) is 70.2 Å². The summed E-state index contributed by atoms with van der Waals surface area (Å²) in [5.74, 6) is 1.65. The molecule has 0 radical (unpaired) electrons. The average Bonchev–Trinajstić information content (AvgIpc) is 3.31. The van der Waals surface area contributed by atoms with Crippen LogP contribution >= 0.6 is 0 Å². The summed E-state index contributed by atoms with van der Waals surface area (Å²) in [6, 6.07) is 13.8. The molecule has 0 amide bonds. The van der Waals surface area contributed by atoms with Gasteiger partial charge in [-0.2, -0.15) is 15.0 Å². The molecule has 1 saturated heterocycles. The van der Waals surface area contributed by atoms with Crippen LogP contribution in [-0.4, -0.2) is 39.2 Å². The van der Waals surface area contributed by atoms with Crippen LogP contribution in [0.5, 0.6) is 0 Å². The third-order valence-electron chi connectivity index (χ3n) is 3.87. The zero-order valence-electron chi connectivity index (χ0n) is 17.6. The number of anilines is 3. The van der Waals surface area contributed by atoms with E-state index in [1.54, 1.807) is 12.4 Å². The van der Waals surface area contributed by atoms with Crippen molar-refractivity contribution in [3.8, 4) is 11.4 Å². The van der Waals surface area contributed by atoms with E-state index < -0.39 is 0 Å². The smallest absolute Gasteiger partial charge is 0.232 e. The van der Waals surface area contributed by atoms with Gasteiger partial charge >= 0.3 is 0 Å². The third kappa shape index (κ3) is 6.80. The molecule has 0 aliphatic carbocycles. The maximum Gasteiger partial charge on any atom is 0.232 e. The molecule has 29 heavy (non-hydrogen) atoms. The van der Waals surface area contributed by atoms with Crippen molar-refractivity contribution >= 4 is 17.6 Å². The highest BCUT2D eigenvalue weighted by Crippen LogP contribution is 2.20. The van der Waals surface area contributed by atoms with E-state index in [0.717, 1.165) is 24.3 Å². The molecule has 154 valence electrons. The minimum absolute atomic E-state index is 0.222. The molecule has 1 unspecified atom stereocenters. The summed E-state index contributed by atoms with van der Waals surface area (Å²) in [6.45, 7) is 9.43. The fourth-order valence-corrected chi connectivity index (χ4v) is 2.61. The molecular weight excluding hydrogens is 364 g/mol. The fourth-order valence-electron chi connectivity index (χ4n) is 2.61. The Labute approximate surface area is 173 Å². The van der Waals surface area contributed by atoms with Gasteiger partial charge < -0.3 is 15.4 Å². The summed E-state index contributed by atoms with van der Waals surface area (Å²) in [7, 11) is 0. The first kappa shape index (κ1) is 22.2. The van der Waals surface area contributed by atoms with Crippen LogP contribution in [0, 0.1) is 0 Å². The van der Waals surface area contributed by atoms with Crippen LogP contribution in [-0.2, 0) is 4.74 Å². The summed E-state index contributed by atoms with van der Waals surface area (Å²) < 4.78 is 5.41. The Morgan fingerprint density at radius 2 is 1.55 bits per heavy atom. The molecule has 3 aromatic rings. The molecule has 1 aliphatic rings. The molecule has 7 heteroatoms. The molecule has 1 atom stereocenters. The third-order valence-corrected chi connectivity index (χ3v) is 3.87. The first-order valence-electron chi connectivity index (χ1n) is 10.2. The predicted molar refractivity (Wildman–Crippen MR) is 118 cm³/mol. The molecule has 0 saturated carbocycles. The first-order chi connectivity index (χ1) is 14.4.